The zero-order valence-corrected chi connectivity index (χ0v) is 0.500. The molecule has 0 aliphatic carbocycles. The molecule has 22 valence electrons. The molecular formula is H9AlCaKNaO. The molecule has 5 heteroatoms. The molecule has 0 rings (SSSR count). The average molecular weight is 154 g/mol. The molecule has 0 bridgehead atoms. The second-order valence-electron chi connectivity index (χ2n) is 0. The van der Waals surface area contributed by atoms with Crippen molar-refractivity contribution < 1.29 is 5.48 Å². The Morgan fingerprint density at radius 2 is 1.00 bits per heavy atom. The van der Waals surface area contributed by atoms with Crippen molar-refractivity contribution in [3.05, 3.63) is 0 Å². The zero-order chi connectivity index (χ0) is 0. The van der Waals surface area contributed by atoms with E-state index in [0.29, 0.717) is 0 Å². The summed E-state index contributed by atoms with van der Waals surface area (Å²) in [7, 11) is 0. The first kappa shape index (κ1) is 34.3. The molecule has 0 aromatic heterocycles. The quantitative estimate of drug-likeness (QED) is 0.317. The van der Waals surface area contributed by atoms with E-state index in [9.17, 15) is 0 Å². The maximum atomic E-state index is 0. The molecule has 0 aromatic carbocycles. The maximum absolute atomic E-state index is 0. The van der Waals surface area contributed by atoms with Crippen molar-refractivity contribution in [2.45, 2.75) is 0 Å². The van der Waals surface area contributed by atoms with Gasteiger partial charge in [-0.1, -0.05) is 0 Å². The second kappa shape index (κ2) is 23.8. The van der Waals surface area contributed by atoms with E-state index in [1.54, 1.807) is 0 Å². The Morgan fingerprint density at radius 3 is 1.00 bits per heavy atom. The van der Waals surface area contributed by atoms with Crippen molar-refractivity contribution in [1.82, 2.24) is 0 Å². The molecule has 1 nitrogen and oxygen atoms in total. The SMILES string of the molecule is O.[AlH3].[CaH2].[KH].[NaH]. The van der Waals surface area contributed by atoms with Gasteiger partial charge in [0.15, 0.2) is 17.4 Å². The normalized spacial score (nSPS) is 0. The Labute approximate surface area is 137 Å². The molecule has 0 spiro atoms. The third-order valence-electron chi connectivity index (χ3n) is 0. The van der Waals surface area contributed by atoms with Crippen LogP contribution in [-0.2, 0) is 0 Å². The van der Waals surface area contributed by atoms with Crippen LogP contribution >= 0.6 is 0 Å². The standard InChI is InChI=1S/Al.Ca.K.Na.H2O.7H/h;;;;1H2;;;;;;;. The van der Waals surface area contributed by atoms with Crippen LogP contribution in [0.1, 0.15) is 0 Å². The first-order valence-corrected chi connectivity index (χ1v) is 0. The van der Waals surface area contributed by atoms with Gasteiger partial charge in [0.2, 0.25) is 0 Å². The van der Waals surface area contributed by atoms with Crippen LogP contribution in [0.15, 0.2) is 0 Å². The minimum absolute atomic E-state index is 0. The van der Waals surface area contributed by atoms with E-state index < -0.39 is 0 Å². The predicted molar refractivity (Wildman–Crippen MR) is 36.4 cm³/mol. The number of hydrogen-bond donors (Lipinski definition) is 0. The van der Waals surface area contributed by atoms with E-state index >= 15 is 0 Å². The molecule has 0 aromatic rings. The van der Waals surface area contributed by atoms with Crippen molar-refractivity contribution in [3.63, 3.8) is 0 Å². The molecule has 0 aliphatic heterocycles. The topological polar surface area (TPSA) is 31.5 Å². The minimum atomic E-state index is 0. The van der Waals surface area contributed by atoms with Crippen LogP contribution in [0.25, 0.3) is 0 Å². The predicted octanol–water partition coefficient (Wildman–Crippen LogP) is -4.22. The van der Waals surface area contributed by atoms with Crippen LogP contribution in [0, 0.1) is 0 Å². The molecule has 0 saturated heterocycles. The van der Waals surface area contributed by atoms with Crippen molar-refractivity contribution in [2.24, 2.45) is 0 Å². The van der Waals surface area contributed by atoms with Gasteiger partial charge in [-0.05, 0) is 0 Å². The summed E-state index contributed by atoms with van der Waals surface area (Å²) < 4.78 is 0. The van der Waals surface area contributed by atoms with E-state index in [1.165, 1.54) is 0 Å². The average Bonchev–Trinajstić information content (AvgIpc) is 0. The van der Waals surface area contributed by atoms with E-state index in [-0.39, 0.29) is 142 Å². The third kappa shape index (κ3) is 17.8. The van der Waals surface area contributed by atoms with Gasteiger partial charge in [-0.15, -0.1) is 0 Å². The van der Waals surface area contributed by atoms with Gasteiger partial charge < -0.3 is 5.48 Å². The summed E-state index contributed by atoms with van der Waals surface area (Å²) in [4.78, 5) is 0. The summed E-state index contributed by atoms with van der Waals surface area (Å²) in [5.41, 5.74) is 0. The van der Waals surface area contributed by atoms with Gasteiger partial charge in [0.1, 0.15) is 0 Å². The summed E-state index contributed by atoms with van der Waals surface area (Å²) >= 11 is 0. The van der Waals surface area contributed by atoms with Gasteiger partial charge in [0.05, 0.1) is 0 Å². The molecule has 2 N–H and O–H groups in total. The Balaban J connectivity index is 0. The molecule has 0 fully saturated rings. The fourth-order valence-corrected chi connectivity index (χ4v) is 0. The van der Waals surface area contributed by atoms with Crippen LogP contribution < -0.4 is 0 Å². The van der Waals surface area contributed by atoms with Gasteiger partial charge in [0, 0.05) is 0 Å². The van der Waals surface area contributed by atoms with Gasteiger partial charge in [-0.3, -0.25) is 0 Å². The van der Waals surface area contributed by atoms with Crippen molar-refractivity contribution in [1.29, 1.82) is 0 Å². The number of hydrogen-bond acceptors (Lipinski definition) is 0. The molecule has 0 unspecified atom stereocenters. The summed E-state index contributed by atoms with van der Waals surface area (Å²) in [6, 6.07) is 0. The summed E-state index contributed by atoms with van der Waals surface area (Å²) in [5.74, 6) is 0. The Morgan fingerprint density at radius 1 is 1.00 bits per heavy atom. The Hall–Kier alpha value is 4.39. The Bertz CT molecular complexity index is 11.6. The van der Waals surface area contributed by atoms with Crippen molar-refractivity contribution in [3.8, 4) is 0 Å². The van der Waals surface area contributed by atoms with Crippen LogP contribution in [0.3, 0.4) is 0 Å². The molecule has 0 saturated carbocycles. The molecule has 0 amide bonds. The molecule has 5 heavy (non-hydrogen) atoms. The van der Waals surface area contributed by atoms with E-state index in [1.807, 2.05) is 0 Å². The van der Waals surface area contributed by atoms with Gasteiger partial charge in [-0.25, -0.2) is 0 Å². The fraction of sp³-hybridized carbons (Fsp3) is 0. The Kier molecular flexibility index (Phi) is 163. The van der Waals surface area contributed by atoms with Gasteiger partial charge in [-0.2, -0.15) is 0 Å². The van der Waals surface area contributed by atoms with Gasteiger partial charge >= 0.3 is 119 Å². The van der Waals surface area contributed by atoms with Crippen LogP contribution in [-0.4, -0.2) is 142 Å². The first-order chi connectivity index (χ1) is 0. The fourth-order valence-electron chi connectivity index (χ4n) is 0. The molecule has 0 atom stereocenters. The van der Waals surface area contributed by atoms with Crippen LogP contribution in [0.2, 0.25) is 0 Å². The third-order valence-corrected chi connectivity index (χ3v) is 0. The molecule has 0 radical (unpaired) electrons. The van der Waals surface area contributed by atoms with E-state index in [4.69, 9.17) is 0 Å². The monoisotopic (exact) mass is 154 g/mol. The van der Waals surface area contributed by atoms with Crippen molar-refractivity contribution >= 4 is 136 Å². The summed E-state index contributed by atoms with van der Waals surface area (Å²) in [5, 5.41) is 0. The molecule has 0 heterocycles. The molecule has 0 aliphatic rings. The van der Waals surface area contributed by atoms with E-state index in [2.05, 4.69) is 0 Å². The number of rotatable bonds is 0. The summed E-state index contributed by atoms with van der Waals surface area (Å²) in [6.07, 6.45) is 0. The van der Waals surface area contributed by atoms with Crippen LogP contribution in [0.4, 0.5) is 0 Å². The van der Waals surface area contributed by atoms with E-state index in [0.717, 1.165) is 0 Å². The summed E-state index contributed by atoms with van der Waals surface area (Å²) in [6.45, 7) is 0. The second-order valence-corrected chi connectivity index (χ2v) is 0. The zero-order valence-electron chi connectivity index (χ0n) is 0.500. The first-order valence-electron chi connectivity index (χ1n) is 0. The van der Waals surface area contributed by atoms with Gasteiger partial charge in [0.25, 0.3) is 0 Å². The van der Waals surface area contributed by atoms with Crippen LogP contribution in [0.5, 0.6) is 0 Å². The van der Waals surface area contributed by atoms with Crippen molar-refractivity contribution in [2.75, 3.05) is 0 Å². The molecular weight excluding hydrogens is 145 g/mol.